The molecule has 0 aliphatic carbocycles. The zero-order valence-electron chi connectivity index (χ0n) is 15.4. The van der Waals surface area contributed by atoms with Crippen molar-refractivity contribution >= 4 is 15.9 Å². The van der Waals surface area contributed by atoms with Gasteiger partial charge in [-0.1, -0.05) is 26.7 Å². The van der Waals surface area contributed by atoms with Crippen molar-refractivity contribution in [2.45, 2.75) is 46.0 Å². The van der Waals surface area contributed by atoms with Crippen molar-refractivity contribution < 1.29 is 4.74 Å². The summed E-state index contributed by atoms with van der Waals surface area (Å²) in [4.78, 5) is 9.99. The number of rotatable bonds is 12. The van der Waals surface area contributed by atoms with Gasteiger partial charge in [0.25, 0.3) is 0 Å². The molecule has 0 unspecified atom stereocenters. The number of hydrogen-bond donors (Lipinski definition) is 1. The molecule has 1 N–H and O–H groups in total. The molecule has 4 nitrogen and oxygen atoms in total. The molecule has 0 amide bonds. The summed E-state index contributed by atoms with van der Waals surface area (Å²) in [5, 5.41) is 0. The van der Waals surface area contributed by atoms with E-state index >= 15 is 0 Å². The van der Waals surface area contributed by atoms with Crippen molar-refractivity contribution in [1.82, 2.24) is 14.9 Å². The molecule has 0 aliphatic heterocycles. The zero-order valence-corrected chi connectivity index (χ0v) is 17.0. The molecule has 1 aromatic carbocycles. The third-order valence-electron chi connectivity index (χ3n) is 4.24. The predicted molar refractivity (Wildman–Crippen MR) is 108 cm³/mol. The highest BCUT2D eigenvalue weighted by molar-refractivity contribution is 9.10. The fraction of sp³-hybridized carbons (Fsp3) is 0.550. The first-order valence-electron chi connectivity index (χ1n) is 9.39. The lowest BCUT2D eigenvalue weighted by atomic mass is 10.2. The van der Waals surface area contributed by atoms with Crippen LogP contribution in [-0.4, -0.2) is 41.1 Å². The van der Waals surface area contributed by atoms with Crippen LogP contribution in [0.15, 0.2) is 35.1 Å². The van der Waals surface area contributed by atoms with Crippen molar-refractivity contribution in [1.29, 1.82) is 0 Å². The molecule has 0 saturated carbocycles. The van der Waals surface area contributed by atoms with Crippen LogP contribution >= 0.6 is 15.9 Å². The quantitative estimate of drug-likeness (QED) is 0.471. The second-order valence-electron chi connectivity index (χ2n) is 6.33. The number of hydrogen-bond acceptors (Lipinski definition) is 3. The average molecular weight is 408 g/mol. The van der Waals surface area contributed by atoms with Gasteiger partial charge in [0.2, 0.25) is 0 Å². The number of aromatic nitrogens is 2. The molecule has 1 heterocycles. The molecule has 0 bridgehead atoms. The van der Waals surface area contributed by atoms with Crippen LogP contribution in [0.4, 0.5) is 0 Å². The van der Waals surface area contributed by atoms with E-state index in [-0.39, 0.29) is 0 Å². The van der Waals surface area contributed by atoms with E-state index in [2.05, 4.69) is 44.6 Å². The summed E-state index contributed by atoms with van der Waals surface area (Å²) in [6, 6.07) is 6.06. The summed E-state index contributed by atoms with van der Waals surface area (Å²) in [5.74, 6) is 1.76. The maximum atomic E-state index is 5.93. The number of benzene rings is 1. The number of imidazole rings is 1. The minimum atomic E-state index is 0.751. The highest BCUT2D eigenvalue weighted by Crippen LogP contribution is 2.29. The summed E-state index contributed by atoms with van der Waals surface area (Å²) in [6.45, 7) is 8.80. The first-order chi connectivity index (χ1) is 12.2. The Balaban J connectivity index is 1.77. The third kappa shape index (κ3) is 6.83. The smallest absolute Gasteiger partial charge is 0.138 e. The molecule has 0 saturated heterocycles. The topological polar surface area (TPSA) is 41.1 Å². The Labute approximate surface area is 160 Å². The lowest BCUT2D eigenvalue weighted by Gasteiger charge is -2.21. The number of aromatic amines is 1. The zero-order chi connectivity index (χ0) is 17.9. The Morgan fingerprint density at radius 1 is 1.08 bits per heavy atom. The molecule has 138 valence electrons. The summed E-state index contributed by atoms with van der Waals surface area (Å²) < 4.78 is 6.92. The summed E-state index contributed by atoms with van der Waals surface area (Å²) in [7, 11) is 0. The summed E-state index contributed by atoms with van der Waals surface area (Å²) in [6.07, 6.45) is 9.73. The van der Waals surface area contributed by atoms with E-state index in [1.54, 1.807) is 6.20 Å². The number of nitrogens with zero attached hydrogens (tertiary/aromatic N) is 2. The molecule has 2 rings (SSSR count). The second kappa shape index (κ2) is 11.3. The maximum absolute atomic E-state index is 5.93. The van der Waals surface area contributed by atoms with Gasteiger partial charge >= 0.3 is 0 Å². The normalized spacial score (nSPS) is 11.2. The van der Waals surface area contributed by atoms with E-state index in [4.69, 9.17) is 4.74 Å². The molecule has 1 aromatic heterocycles. The fourth-order valence-corrected chi connectivity index (χ4v) is 3.31. The molecule has 0 atom stereocenters. The van der Waals surface area contributed by atoms with Gasteiger partial charge in [-0.15, -0.1) is 0 Å². The minimum absolute atomic E-state index is 0.751. The van der Waals surface area contributed by atoms with Crippen molar-refractivity contribution in [2.24, 2.45) is 0 Å². The molecule has 25 heavy (non-hydrogen) atoms. The molecular formula is C20H30BrN3O. The molecular weight excluding hydrogens is 378 g/mol. The largest absolute Gasteiger partial charge is 0.494 e. The predicted octanol–water partition coefficient (Wildman–Crippen LogP) is 5.51. The number of ether oxygens (including phenoxy) is 1. The van der Waals surface area contributed by atoms with E-state index in [1.807, 2.05) is 24.4 Å². The molecule has 0 aliphatic rings. The Morgan fingerprint density at radius 2 is 1.80 bits per heavy atom. The van der Waals surface area contributed by atoms with E-state index in [1.165, 1.54) is 38.8 Å². The number of halogens is 1. The van der Waals surface area contributed by atoms with Crippen LogP contribution in [0.3, 0.4) is 0 Å². The Bertz CT molecular complexity index is 593. The fourth-order valence-electron chi connectivity index (χ4n) is 2.77. The van der Waals surface area contributed by atoms with Gasteiger partial charge in [0.05, 0.1) is 6.61 Å². The first kappa shape index (κ1) is 20.0. The van der Waals surface area contributed by atoms with E-state index in [0.717, 1.165) is 41.2 Å². The van der Waals surface area contributed by atoms with Crippen LogP contribution in [0, 0.1) is 0 Å². The van der Waals surface area contributed by atoms with E-state index < -0.39 is 0 Å². The maximum Gasteiger partial charge on any atom is 0.138 e. The highest BCUT2D eigenvalue weighted by atomic mass is 79.9. The molecule has 5 heteroatoms. The van der Waals surface area contributed by atoms with Gasteiger partial charge in [-0.25, -0.2) is 4.98 Å². The minimum Gasteiger partial charge on any atom is -0.494 e. The Kier molecular flexibility index (Phi) is 9.05. The van der Waals surface area contributed by atoms with Gasteiger partial charge in [0.1, 0.15) is 11.6 Å². The summed E-state index contributed by atoms with van der Waals surface area (Å²) in [5.41, 5.74) is 1.04. The van der Waals surface area contributed by atoms with Gasteiger partial charge in [-0.3, -0.25) is 0 Å². The van der Waals surface area contributed by atoms with Crippen molar-refractivity contribution in [3.8, 4) is 17.1 Å². The van der Waals surface area contributed by atoms with Gasteiger partial charge in [0.15, 0.2) is 0 Å². The Hall–Kier alpha value is -1.33. The monoisotopic (exact) mass is 407 g/mol. The Morgan fingerprint density at radius 3 is 2.40 bits per heavy atom. The second-order valence-corrected chi connectivity index (χ2v) is 7.18. The molecule has 0 fully saturated rings. The first-order valence-corrected chi connectivity index (χ1v) is 10.2. The van der Waals surface area contributed by atoms with Crippen molar-refractivity contribution in [3.05, 3.63) is 35.1 Å². The van der Waals surface area contributed by atoms with Crippen LogP contribution in [0.2, 0.25) is 0 Å². The highest BCUT2D eigenvalue weighted by Gasteiger charge is 2.07. The molecule has 0 radical (unpaired) electrons. The standard InChI is InChI=1S/C20H30BrN3O/c1-3-5-12-24(13-6-4-2)14-7-15-25-17-8-9-18(19(21)16-17)20-22-10-11-23-20/h8-11,16H,3-7,12-15H2,1-2H3,(H,22,23). The third-order valence-corrected chi connectivity index (χ3v) is 4.89. The van der Waals surface area contributed by atoms with E-state index in [0.29, 0.717) is 0 Å². The van der Waals surface area contributed by atoms with Crippen LogP contribution in [0.1, 0.15) is 46.0 Å². The van der Waals surface area contributed by atoms with Crippen LogP contribution in [0.5, 0.6) is 5.75 Å². The summed E-state index contributed by atoms with van der Waals surface area (Å²) >= 11 is 3.61. The molecule has 0 spiro atoms. The van der Waals surface area contributed by atoms with Crippen molar-refractivity contribution in [2.75, 3.05) is 26.2 Å². The molecule has 2 aromatic rings. The van der Waals surface area contributed by atoms with Crippen LogP contribution in [0.25, 0.3) is 11.4 Å². The van der Waals surface area contributed by atoms with Crippen LogP contribution < -0.4 is 4.74 Å². The van der Waals surface area contributed by atoms with Gasteiger partial charge in [0, 0.05) is 29.0 Å². The lowest BCUT2D eigenvalue weighted by Crippen LogP contribution is -2.28. The number of H-pyrrole nitrogens is 1. The number of unbranched alkanes of at least 4 members (excludes halogenated alkanes) is 2. The van der Waals surface area contributed by atoms with Gasteiger partial charge in [-0.2, -0.15) is 0 Å². The van der Waals surface area contributed by atoms with Crippen molar-refractivity contribution in [3.63, 3.8) is 0 Å². The number of nitrogens with one attached hydrogen (secondary N) is 1. The lowest BCUT2D eigenvalue weighted by molar-refractivity contribution is 0.229. The van der Waals surface area contributed by atoms with E-state index in [9.17, 15) is 0 Å². The van der Waals surface area contributed by atoms with Gasteiger partial charge < -0.3 is 14.6 Å². The SMILES string of the molecule is CCCCN(CCCC)CCCOc1ccc(-c2ncc[nH]2)c(Br)c1. The van der Waals surface area contributed by atoms with Crippen LogP contribution in [-0.2, 0) is 0 Å². The van der Waals surface area contributed by atoms with Gasteiger partial charge in [-0.05, 0) is 66.5 Å². The average Bonchev–Trinajstić information content (AvgIpc) is 3.14.